The molecular weight excluding hydrogens is 412 g/mol. The average Bonchev–Trinajstić information content (AvgIpc) is 3.33. The fraction of sp³-hybridized carbons (Fsp3) is 0.250. The average molecular weight is 437 g/mol. The van der Waals surface area contributed by atoms with Gasteiger partial charge in [-0.15, -0.1) is 11.3 Å². The van der Waals surface area contributed by atoms with Crippen molar-refractivity contribution in [1.29, 1.82) is 0 Å². The number of hydrogen-bond acceptors (Lipinski definition) is 5. The summed E-state index contributed by atoms with van der Waals surface area (Å²) in [5, 5.41) is 4.79. The zero-order valence-electron chi connectivity index (χ0n) is 17.3. The first-order valence-electron chi connectivity index (χ1n) is 10.2. The zero-order chi connectivity index (χ0) is 21.6. The van der Waals surface area contributed by atoms with Gasteiger partial charge in [0.2, 0.25) is 0 Å². The van der Waals surface area contributed by atoms with Gasteiger partial charge in [0, 0.05) is 18.8 Å². The molecule has 160 valence electrons. The fourth-order valence-corrected chi connectivity index (χ4v) is 4.20. The molecule has 0 unspecified atom stereocenters. The Kier molecular flexibility index (Phi) is 6.52. The highest BCUT2D eigenvalue weighted by atomic mass is 32.1. The van der Waals surface area contributed by atoms with Crippen molar-refractivity contribution >= 4 is 28.8 Å². The molecular formula is C24H24N2O4S. The molecule has 0 fully saturated rings. The molecule has 1 aromatic heterocycles. The number of nitrogens with zero attached hydrogens (tertiary/aromatic N) is 1. The number of fused-ring (bicyclic) bond motifs is 1. The van der Waals surface area contributed by atoms with Crippen LogP contribution in [0.1, 0.15) is 27.7 Å². The molecule has 2 heterocycles. The van der Waals surface area contributed by atoms with Crippen LogP contribution in [0.2, 0.25) is 0 Å². The normalized spacial score (nSPS) is 12.7. The molecule has 2 aromatic carbocycles. The smallest absolute Gasteiger partial charge is 0.264 e. The minimum Gasteiger partial charge on any atom is -0.494 e. The predicted molar refractivity (Wildman–Crippen MR) is 121 cm³/mol. The summed E-state index contributed by atoms with van der Waals surface area (Å²) in [4.78, 5) is 27.6. The largest absolute Gasteiger partial charge is 0.494 e. The minimum atomic E-state index is -0.240. The van der Waals surface area contributed by atoms with Crippen molar-refractivity contribution in [1.82, 2.24) is 4.90 Å². The molecule has 0 spiro atoms. The topological polar surface area (TPSA) is 67.9 Å². The van der Waals surface area contributed by atoms with Crippen LogP contribution in [-0.4, -0.2) is 36.5 Å². The Morgan fingerprint density at radius 1 is 1.03 bits per heavy atom. The number of anilines is 1. The van der Waals surface area contributed by atoms with Gasteiger partial charge in [-0.2, -0.15) is 0 Å². The van der Waals surface area contributed by atoms with Crippen LogP contribution in [0.15, 0.2) is 60.0 Å². The lowest BCUT2D eigenvalue weighted by Gasteiger charge is -2.29. The first kappa shape index (κ1) is 20.9. The number of carbonyl (C=O) groups excluding carboxylic acids is 2. The second-order valence-electron chi connectivity index (χ2n) is 7.18. The fourth-order valence-electron chi connectivity index (χ4n) is 3.51. The monoisotopic (exact) mass is 436 g/mol. The van der Waals surface area contributed by atoms with Gasteiger partial charge >= 0.3 is 0 Å². The van der Waals surface area contributed by atoms with Crippen LogP contribution in [0.4, 0.5) is 5.69 Å². The van der Waals surface area contributed by atoms with Crippen molar-refractivity contribution in [3.8, 4) is 11.5 Å². The van der Waals surface area contributed by atoms with E-state index in [0.717, 1.165) is 22.6 Å². The summed E-state index contributed by atoms with van der Waals surface area (Å²) in [5.74, 6) is 1.18. The number of thiophene rings is 1. The lowest BCUT2D eigenvalue weighted by atomic mass is 9.99. The highest BCUT2D eigenvalue weighted by Gasteiger charge is 2.22. The Hall–Kier alpha value is -3.32. The Bertz CT molecular complexity index is 1050. The molecule has 4 rings (SSSR count). The molecule has 3 aromatic rings. The van der Waals surface area contributed by atoms with Crippen LogP contribution in [0.25, 0.3) is 0 Å². The Labute approximate surface area is 185 Å². The van der Waals surface area contributed by atoms with Gasteiger partial charge in [0.05, 0.1) is 11.5 Å². The first-order chi connectivity index (χ1) is 15.1. The maximum absolute atomic E-state index is 12.7. The third-order valence-corrected chi connectivity index (χ3v) is 5.88. The molecule has 0 radical (unpaired) electrons. The summed E-state index contributed by atoms with van der Waals surface area (Å²) in [6, 6.07) is 16.8. The molecule has 6 nitrogen and oxygen atoms in total. The number of ether oxygens (including phenoxy) is 2. The number of rotatable bonds is 7. The number of carbonyl (C=O) groups is 2. The van der Waals surface area contributed by atoms with Crippen molar-refractivity contribution in [2.24, 2.45) is 0 Å². The standard InChI is InChI=1S/C24H24N2O4S/c1-2-29-20-7-9-21(10-8-20)30-16-23(27)25-19-6-5-17-11-12-26(15-18(17)14-19)24(28)22-4-3-13-31-22/h3-10,13-14H,2,11-12,15-16H2,1H3,(H,25,27). The Morgan fingerprint density at radius 2 is 1.81 bits per heavy atom. The number of hydrogen-bond donors (Lipinski definition) is 1. The van der Waals surface area contributed by atoms with Crippen LogP contribution in [0.5, 0.6) is 11.5 Å². The molecule has 0 bridgehead atoms. The van der Waals surface area contributed by atoms with Gasteiger partial charge in [0.1, 0.15) is 11.5 Å². The summed E-state index contributed by atoms with van der Waals surface area (Å²) in [6.45, 7) is 3.68. The van der Waals surface area contributed by atoms with Crippen LogP contribution >= 0.6 is 11.3 Å². The first-order valence-corrected chi connectivity index (χ1v) is 11.1. The zero-order valence-corrected chi connectivity index (χ0v) is 18.1. The van der Waals surface area contributed by atoms with Gasteiger partial charge in [-0.25, -0.2) is 0 Å². The Morgan fingerprint density at radius 3 is 2.52 bits per heavy atom. The molecule has 0 aliphatic carbocycles. The van der Waals surface area contributed by atoms with Crippen LogP contribution in [0, 0.1) is 0 Å². The Balaban J connectivity index is 1.34. The maximum atomic E-state index is 12.7. The second-order valence-corrected chi connectivity index (χ2v) is 8.13. The van der Waals surface area contributed by atoms with E-state index in [1.807, 2.05) is 59.7 Å². The summed E-state index contributed by atoms with van der Waals surface area (Å²) in [7, 11) is 0. The molecule has 0 saturated carbocycles. The summed E-state index contributed by atoms with van der Waals surface area (Å²) in [5.41, 5.74) is 2.96. The van der Waals surface area contributed by atoms with E-state index in [1.54, 1.807) is 12.1 Å². The van der Waals surface area contributed by atoms with Crippen LogP contribution in [0.3, 0.4) is 0 Å². The van der Waals surface area contributed by atoms with Crippen molar-refractivity contribution < 1.29 is 19.1 Å². The molecule has 1 aliphatic heterocycles. The van der Waals surface area contributed by atoms with Crippen molar-refractivity contribution in [3.05, 3.63) is 76.0 Å². The van der Waals surface area contributed by atoms with Gasteiger partial charge < -0.3 is 19.7 Å². The molecule has 7 heteroatoms. The van der Waals surface area contributed by atoms with Crippen LogP contribution in [-0.2, 0) is 17.8 Å². The SMILES string of the molecule is CCOc1ccc(OCC(=O)Nc2ccc3c(c2)CN(C(=O)c2cccs2)CC3)cc1. The van der Waals surface area contributed by atoms with Gasteiger partial charge in [0.15, 0.2) is 6.61 Å². The van der Waals surface area contributed by atoms with Crippen molar-refractivity contribution in [2.75, 3.05) is 25.1 Å². The van der Waals surface area contributed by atoms with E-state index in [0.29, 0.717) is 31.1 Å². The van der Waals surface area contributed by atoms with E-state index in [4.69, 9.17) is 9.47 Å². The molecule has 0 saturated heterocycles. The third-order valence-electron chi connectivity index (χ3n) is 5.03. The molecule has 2 amide bonds. The van der Waals surface area contributed by atoms with Crippen LogP contribution < -0.4 is 14.8 Å². The number of benzene rings is 2. The quantitative estimate of drug-likeness (QED) is 0.598. The van der Waals surface area contributed by atoms with E-state index >= 15 is 0 Å². The van der Waals surface area contributed by atoms with E-state index in [-0.39, 0.29) is 18.4 Å². The second kappa shape index (κ2) is 9.66. The third kappa shape index (κ3) is 5.24. The van der Waals surface area contributed by atoms with E-state index in [9.17, 15) is 9.59 Å². The summed E-state index contributed by atoms with van der Waals surface area (Å²) < 4.78 is 11.0. The molecule has 31 heavy (non-hydrogen) atoms. The maximum Gasteiger partial charge on any atom is 0.264 e. The number of amides is 2. The van der Waals surface area contributed by atoms with Gasteiger partial charge in [0.25, 0.3) is 11.8 Å². The highest BCUT2D eigenvalue weighted by molar-refractivity contribution is 7.12. The van der Waals surface area contributed by atoms with Gasteiger partial charge in [-0.1, -0.05) is 12.1 Å². The van der Waals surface area contributed by atoms with E-state index in [2.05, 4.69) is 5.32 Å². The lowest BCUT2D eigenvalue weighted by Crippen LogP contribution is -2.35. The van der Waals surface area contributed by atoms with E-state index < -0.39 is 0 Å². The van der Waals surface area contributed by atoms with E-state index in [1.165, 1.54) is 16.9 Å². The molecule has 1 aliphatic rings. The summed E-state index contributed by atoms with van der Waals surface area (Å²) >= 11 is 1.46. The predicted octanol–water partition coefficient (Wildman–Crippen LogP) is 4.36. The lowest BCUT2D eigenvalue weighted by molar-refractivity contribution is -0.118. The summed E-state index contributed by atoms with van der Waals surface area (Å²) in [6.07, 6.45) is 0.807. The van der Waals surface area contributed by atoms with Crippen molar-refractivity contribution in [2.45, 2.75) is 19.9 Å². The number of nitrogens with one attached hydrogen (secondary N) is 1. The molecule has 1 N–H and O–H groups in total. The highest BCUT2D eigenvalue weighted by Crippen LogP contribution is 2.25. The van der Waals surface area contributed by atoms with Gasteiger partial charge in [-0.3, -0.25) is 9.59 Å². The van der Waals surface area contributed by atoms with Gasteiger partial charge in [-0.05, 0) is 72.3 Å². The molecule has 0 atom stereocenters. The minimum absolute atomic E-state index is 0.0545. The van der Waals surface area contributed by atoms with Crippen molar-refractivity contribution in [3.63, 3.8) is 0 Å².